The Balaban J connectivity index is 0.0000000905. The minimum Gasteiger partial charge on any atom is -0.459 e. The zero-order chi connectivity index (χ0) is 69.7. The van der Waals surface area contributed by atoms with Crippen molar-refractivity contribution >= 4 is 16.1 Å². The van der Waals surface area contributed by atoms with Crippen molar-refractivity contribution in [3.8, 4) is 0 Å². The Morgan fingerprint density at radius 3 is 1.20 bits per heavy atom. The van der Waals surface area contributed by atoms with Gasteiger partial charge in [0.2, 0.25) is 0 Å². The van der Waals surface area contributed by atoms with Gasteiger partial charge in [-0.25, -0.2) is 0 Å². The summed E-state index contributed by atoms with van der Waals surface area (Å²) in [5.74, 6) is 11.3. The van der Waals surface area contributed by atoms with Gasteiger partial charge in [-0.2, -0.15) is 8.42 Å². The van der Waals surface area contributed by atoms with E-state index in [-0.39, 0.29) is 58.6 Å². The van der Waals surface area contributed by atoms with E-state index in [0.717, 1.165) is 208 Å². The molecule has 26 fully saturated rings. The predicted molar refractivity (Wildman–Crippen MR) is 390 cm³/mol. The number of carbonyl (C=O) groups excluding carboxylic acids is 1. The first kappa shape index (κ1) is 75.9. The largest absolute Gasteiger partial charge is 0.459 e. The maximum Gasteiger partial charge on any atom is 0.312 e. The van der Waals surface area contributed by atoms with Gasteiger partial charge in [0.15, 0.2) is 23.1 Å². The van der Waals surface area contributed by atoms with E-state index < -0.39 is 10.1 Å². The monoisotopic (exact) mass is 1460 g/mol. The van der Waals surface area contributed by atoms with E-state index in [1.807, 2.05) is 0 Å². The van der Waals surface area contributed by atoms with E-state index in [1.165, 1.54) is 238 Å². The fourth-order valence-corrected chi connectivity index (χ4v) is 27.5. The van der Waals surface area contributed by atoms with Crippen LogP contribution in [0.4, 0.5) is 0 Å². The third-order valence-corrected chi connectivity index (χ3v) is 32.1. The molecular weight excluding hydrogens is 1320 g/mol. The Labute approximate surface area is 620 Å². The van der Waals surface area contributed by atoms with Crippen molar-refractivity contribution in [2.75, 3.05) is 79.3 Å². The summed E-state index contributed by atoms with van der Waals surface area (Å²) in [6, 6.07) is 0. The molecule has 0 aromatic carbocycles. The molecular formula is C85H138O17S. The van der Waals surface area contributed by atoms with Crippen molar-refractivity contribution in [2.45, 2.75) is 360 Å². The number of hydrogen-bond donors (Lipinski definition) is 0. The van der Waals surface area contributed by atoms with E-state index >= 15 is 0 Å². The lowest BCUT2D eigenvalue weighted by atomic mass is 9.53. The van der Waals surface area contributed by atoms with Gasteiger partial charge in [-0.05, 0) is 284 Å². The van der Waals surface area contributed by atoms with Gasteiger partial charge in [0.05, 0.1) is 95.0 Å². The fourth-order valence-electron chi connectivity index (χ4n) is 25.6. The van der Waals surface area contributed by atoms with Crippen LogP contribution in [-0.2, 0) is 80.7 Å². The first-order valence-electron chi connectivity index (χ1n) is 44.2. The quantitative estimate of drug-likeness (QED) is 0.165. The summed E-state index contributed by atoms with van der Waals surface area (Å²) >= 11 is 0. The van der Waals surface area contributed by atoms with Crippen molar-refractivity contribution in [1.82, 2.24) is 0 Å². The molecule has 14 unspecified atom stereocenters. The Bertz CT molecular complexity index is 2620. The van der Waals surface area contributed by atoms with Crippen LogP contribution in [0.3, 0.4) is 0 Å². The Kier molecular flexibility index (Phi) is 25.7. The van der Waals surface area contributed by atoms with Crippen LogP contribution < -0.4 is 0 Å². The molecule has 11 saturated heterocycles. The molecule has 17 nitrogen and oxygen atoms in total. The number of esters is 1. The van der Waals surface area contributed by atoms with E-state index in [1.54, 1.807) is 0 Å². The molecule has 15 aliphatic carbocycles. The second-order valence-corrected chi connectivity index (χ2v) is 39.2. The normalized spacial score (nSPS) is 44.8. The number of rotatable bonds is 0. The molecule has 11 aliphatic heterocycles. The molecule has 0 radical (unpaired) electrons. The molecule has 0 aromatic rings. The molecule has 14 atom stereocenters. The first-order valence-corrected chi connectivity index (χ1v) is 45.6. The van der Waals surface area contributed by atoms with Gasteiger partial charge < -0.3 is 61.6 Å². The zero-order valence-corrected chi connectivity index (χ0v) is 64.4. The molecule has 103 heavy (non-hydrogen) atoms. The summed E-state index contributed by atoms with van der Waals surface area (Å²) in [6.45, 7) is 11.5. The summed E-state index contributed by atoms with van der Waals surface area (Å²) in [7, 11) is -3.13. The van der Waals surface area contributed by atoms with Crippen LogP contribution in [0.15, 0.2) is 0 Å². The third-order valence-electron chi connectivity index (χ3n) is 30.3. The van der Waals surface area contributed by atoms with Crippen molar-refractivity contribution in [3.05, 3.63) is 0 Å². The van der Waals surface area contributed by atoms with E-state index in [9.17, 15) is 13.2 Å². The summed E-state index contributed by atoms with van der Waals surface area (Å²) in [4.78, 5) is 11.0. The first-order chi connectivity index (χ1) is 50.5. The van der Waals surface area contributed by atoms with Crippen LogP contribution >= 0.6 is 0 Å². The summed E-state index contributed by atoms with van der Waals surface area (Å²) < 4.78 is 103. The molecule has 0 aromatic heterocycles. The molecule has 26 rings (SSSR count). The summed E-state index contributed by atoms with van der Waals surface area (Å²) in [5, 5.41) is -0.133. The Hall–Kier alpha value is -1.10. The SMILES string of the molecule is C1CC2COC(C1)C2.C1CCC2(CC1)OCCCCO2.C1CCCOCC1.C1CCOC2(CCCCC2)OCC1.C1CCOC2(OC1)C1CC3CC(C1)CC2C3.C1CCOC2(OCC1)C1CC3CC(C1)CC2C3.C1OC2CC3CC1C2C3.O=C1OC2CC3CC1C2O3.O=S1(=O)OC2CC3CC2C1C3. The third kappa shape index (κ3) is 17.9. The predicted octanol–water partition coefficient (Wildman–Crippen LogP) is 16.8. The number of fused-ring (bicyclic) bond motifs is 5. The molecule has 0 N–H and O–H groups in total. The molecule has 4 spiro atoms. The molecule has 18 heteroatoms. The fraction of sp³-hybridized carbons (Fsp3) is 0.988. The minimum absolute atomic E-state index is 0.0324. The number of hydrogen-bond acceptors (Lipinski definition) is 17. The van der Waals surface area contributed by atoms with Gasteiger partial charge in [0, 0.05) is 81.5 Å². The number of carbonyl (C=O) groups is 1. The highest BCUT2D eigenvalue weighted by atomic mass is 32.2. The van der Waals surface area contributed by atoms with Gasteiger partial charge >= 0.3 is 5.97 Å². The van der Waals surface area contributed by atoms with Crippen molar-refractivity contribution in [3.63, 3.8) is 0 Å². The van der Waals surface area contributed by atoms with Crippen molar-refractivity contribution in [1.29, 1.82) is 0 Å². The lowest BCUT2D eigenvalue weighted by Gasteiger charge is -2.60. The average molecular weight is 1460 g/mol. The highest BCUT2D eigenvalue weighted by molar-refractivity contribution is 7.87. The van der Waals surface area contributed by atoms with Gasteiger partial charge in [0.25, 0.3) is 10.1 Å². The van der Waals surface area contributed by atoms with Crippen molar-refractivity contribution in [2.24, 2.45) is 88.8 Å². The topological polar surface area (TPSA) is 180 Å². The second kappa shape index (κ2) is 34.9. The Morgan fingerprint density at radius 1 is 0.330 bits per heavy atom. The molecule has 0 amide bonds. The van der Waals surface area contributed by atoms with Gasteiger partial charge in [-0.15, -0.1) is 0 Å². The highest BCUT2D eigenvalue weighted by Crippen LogP contribution is 2.62. The molecule has 11 heterocycles. The van der Waals surface area contributed by atoms with Crippen LogP contribution in [-0.4, -0.2) is 159 Å². The second-order valence-electron chi connectivity index (χ2n) is 37.4. The average Bonchev–Trinajstić information content (AvgIpc) is 1.66. The van der Waals surface area contributed by atoms with Crippen LogP contribution in [0.5, 0.6) is 0 Å². The lowest BCUT2D eigenvalue weighted by molar-refractivity contribution is -0.342. The van der Waals surface area contributed by atoms with Gasteiger partial charge in [-0.3, -0.25) is 8.98 Å². The smallest absolute Gasteiger partial charge is 0.312 e. The summed E-state index contributed by atoms with van der Waals surface area (Å²) in [5.41, 5.74) is 0. The maximum absolute atomic E-state index is 11.3. The van der Waals surface area contributed by atoms with Crippen molar-refractivity contribution < 1.29 is 79.0 Å². The van der Waals surface area contributed by atoms with Crippen LogP contribution in [0.1, 0.15) is 295 Å². The van der Waals surface area contributed by atoms with Gasteiger partial charge in [0.1, 0.15) is 12.2 Å². The van der Waals surface area contributed by atoms with E-state index in [2.05, 4.69) is 0 Å². The standard InChI is InChI=1S/C15H24O2.C14H22O2.C11H20O2.C10H18O2.C8H12O.C7H10O3S.C7H8O3.C7H12O.C6H12O/c1-2-4-16-15(17-5-3-1)13-7-11-6-12(9-13)10-14(15)8-11;1-2-4-16-14(15-3-1)12-6-10-5-11(8-12)9-13(14)7-10;1-3-7-11(8-4-1)12-9-5-2-6-10-13-11;1-2-6-10(7-3-1)11-8-4-5-9-12-10;1-5-2-7-6(1)4-9-8(7)3-5;8-11(9)7-3-4-1-5(7)6(2-4)10-11;8-7-4-1-3-2-5(10-7)6(4)9-3;1-2-6-4-7(3-1)8-5-6;1-2-4-6-7-5-3-1/h11-14H,1-10H2;10-13H,1-9H2;1-10H2;1-9H2;5-8H,1-4H2;4-7H,1-3H2;3-6H,1-2H2;6-7H,1-5H2;1-6H2. The molecule has 26 aliphatic rings. The minimum atomic E-state index is -3.13. The van der Waals surface area contributed by atoms with Crippen LogP contribution in [0.25, 0.3) is 0 Å². The summed E-state index contributed by atoms with van der Waals surface area (Å²) in [6.07, 6.45) is 60.5. The van der Waals surface area contributed by atoms with E-state index in [0.29, 0.717) is 30.1 Å². The lowest BCUT2D eigenvalue weighted by Crippen LogP contribution is -2.60. The highest BCUT2D eigenvalue weighted by Gasteiger charge is 2.63. The van der Waals surface area contributed by atoms with E-state index in [4.69, 9.17) is 65.8 Å². The Morgan fingerprint density at radius 2 is 0.777 bits per heavy atom. The molecule has 586 valence electrons. The van der Waals surface area contributed by atoms with Crippen LogP contribution in [0, 0.1) is 88.8 Å². The van der Waals surface area contributed by atoms with Crippen LogP contribution in [0.2, 0.25) is 0 Å². The molecule has 15 saturated carbocycles. The maximum atomic E-state index is 11.3. The molecule has 16 bridgehead atoms. The zero-order valence-electron chi connectivity index (χ0n) is 63.6. The number of ether oxygens (including phenoxy) is 13. The van der Waals surface area contributed by atoms with Gasteiger partial charge in [-0.1, -0.05) is 32.1 Å².